The van der Waals surface area contributed by atoms with E-state index in [-0.39, 0.29) is 5.97 Å². The summed E-state index contributed by atoms with van der Waals surface area (Å²) in [7, 11) is 0. The number of rotatable bonds is 5. The van der Waals surface area contributed by atoms with Crippen LogP contribution in [0.25, 0.3) is 6.08 Å². The number of carboxylic acids is 1. The number of hydrogen-bond donors (Lipinski definition) is 1. The largest absolute Gasteiger partial charge is 0.478 e. The molecule has 0 saturated carbocycles. The van der Waals surface area contributed by atoms with Gasteiger partial charge < -0.3 is 9.84 Å². The molecule has 1 aromatic carbocycles. The molecule has 0 amide bonds. The fraction of sp³-hybridized carbons (Fsp3) is 0.200. The molecule has 0 bridgehead atoms. The maximum Gasteiger partial charge on any atom is 0.335 e. The molecule has 4 nitrogen and oxygen atoms in total. The first-order chi connectivity index (χ1) is 9.04. The molecule has 0 radical (unpaired) electrons. The summed E-state index contributed by atoms with van der Waals surface area (Å²) in [6.45, 7) is 9.23. The van der Waals surface area contributed by atoms with Crippen LogP contribution >= 0.6 is 0 Å². The van der Waals surface area contributed by atoms with Crippen LogP contribution in [0.3, 0.4) is 0 Å². The van der Waals surface area contributed by atoms with Gasteiger partial charge in [-0.1, -0.05) is 38.3 Å². The highest BCUT2D eigenvalue weighted by atomic mass is 16.5. The normalized spacial score (nSPS) is 8.68. The van der Waals surface area contributed by atoms with Crippen molar-refractivity contribution in [1.29, 1.82) is 0 Å². The van der Waals surface area contributed by atoms with Crippen molar-refractivity contribution in [3.63, 3.8) is 0 Å². The zero-order valence-corrected chi connectivity index (χ0v) is 11.0. The van der Waals surface area contributed by atoms with Crippen LogP contribution in [-0.2, 0) is 9.53 Å². The molecule has 0 heterocycles. The van der Waals surface area contributed by atoms with E-state index in [1.54, 1.807) is 30.3 Å². The van der Waals surface area contributed by atoms with Crippen LogP contribution in [-0.4, -0.2) is 23.7 Å². The first-order valence-corrected chi connectivity index (χ1v) is 5.80. The Morgan fingerprint density at radius 3 is 2.21 bits per heavy atom. The van der Waals surface area contributed by atoms with Gasteiger partial charge in [0.2, 0.25) is 0 Å². The van der Waals surface area contributed by atoms with E-state index in [0.717, 1.165) is 18.1 Å². The fourth-order valence-electron chi connectivity index (χ4n) is 1.02. The summed E-state index contributed by atoms with van der Waals surface area (Å²) in [5.74, 6) is -1.24. The Kier molecular flexibility index (Phi) is 8.45. The van der Waals surface area contributed by atoms with Crippen molar-refractivity contribution in [2.24, 2.45) is 0 Å². The summed E-state index contributed by atoms with van der Waals surface area (Å²) in [6, 6.07) is 6.55. The molecule has 0 atom stereocenters. The van der Waals surface area contributed by atoms with Crippen LogP contribution in [0.15, 0.2) is 43.5 Å². The Morgan fingerprint density at radius 1 is 1.26 bits per heavy atom. The molecule has 0 aliphatic heterocycles. The van der Waals surface area contributed by atoms with Crippen LogP contribution < -0.4 is 0 Å². The summed E-state index contributed by atoms with van der Waals surface area (Å²) in [5.41, 5.74) is 1.23. The quantitative estimate of drug-likeness (QED) is 0.654. The van der Waals surface area contributed by atoms with Gasteiger partial charge >= 0.3 is 11.9 Å². The Balaban J connectivity index is 0.000000362. The molecule has 19 heavy (non-hydrogen) atoms. The second kappa shape index (κ2) is 9.65. The molecular weight excluding hydrogens is 244 g/mol. The molecule has 0 spiro atoms. The van der Waals surface area contributed by atoms with Crippen molar-refractivity contribution in [3.05, 3.63) is 54.6 Å². The maximum atomic E-state index is 10.4. The highest BCUT2D eigenvalue weighted by molar-refractivity contribution is 5.87. The molecule has 4 heteroatoms. The second-order valence-electron chi connectivity index (χ2n) is 3.50. The lowest BCUT2D eigenvalue weighted by molar-refractivity contribution is -0.137. The minimum atomic E-state index is -0.902. The lowest BCUT2D eigenvalue weighted by Crippen LogP contribution is -1.99. The molecule has 0 unspecified atom stereocenters. The van der Waals surface area contributed by atoms with E-state index in [2.05, 4.69) is 17.9 Å². The van der Waals surface area contributed by atoms with Gasteiger partial charge in [0.1, 0.15) is 0 Å². The SMILES string of the molecule is C=CC(=O)OCCC.C=Cc1ccc(C(=O)O)cc1. The smallest absolute Gasteiger partial charge is 0.335 e. The highest BCUT2D eigenvalue weighted by Crippen LogP contribution is 2.04. The monoisotopic (exact) mass is 262 g/mol. The number of benzene rings is 1. The third-order valence-corrected chi connectivity index (χ3v) is 2.01. The van der Waals surface area contributed by atoms with Crippen molar-refractivity contribution >= 4 is 18.0 Å². The van der Waals surface area contributed by atoms with Crippen LogP contribution in [0.1, 0.15) is 29.3 Å². The number of carboxylic acid groups (broad SMARTS) is 1. The highest BCUT2D eigenvalue weighted by Gasteiger charge is 1.99. The Bertz CT molecular complexity index is 432. The standard InChI is InChI=1S/C9H8O2.C6H10O2/c1-2-7-3-5-8(6-4-7)9(10)11;1-3-5-8-6(7)4-2/h2-6H,1H2,(H,10,11);4H,2-3,5H2,1H3. The van der Waals surface area contributed by atoms with Gasteiger partial charge in [-0.15, -0.1) is 0 Å². The van der Waals surface area contributed by atoms with Gasteiger partial charge in [0.25, 0.3) is 0 Å². The van der Waals surface area contributed by atoms with E-state index < -0.39 is 5.97 Å². The average Bonchev–Trinajstić information content (AvgIpc) is 2.45. The minimum absolute atomic E-state index is 0.301. The van der Waals surface area contributed by atoms with Gasteiger partial charge in [0.15, 0.2) is 0 Å². The molecule has 0 aliphatic carbocycles. The van der Waals surface area contributed by atoms with Crippen molar-refractivity contribution in [1.82, 2.24) is 0 Å². The van der Waals surface area contributed by atoms with Gasteiger partial charge in [0, 0.05) is 6.08 Å². The van der Waals surface area contributed by atoms with Crippen molar-refractivity contribution < 1.29 is 19.4 Å². The molecule has 0 saturated heterocycles. The zero-order chi connectivity index (χ0) is 14.7. The van der Waals surface area contributed by atoms with Gasteiger partial charge in [-0.3, -0.25) is 0 Å². The van der Waals surface area contributed by atoms with Gasteiger partial charge in [-0.25, -0.2) is 9.59 Å². The fourth-order valence-corrected chi connectivity index (χ4v) is 1.02. The van der Waals surface area contributed by atoms with Gasteiger partial charge in [-0.05, 0) is 24.1 Å². The molecule has 1 aromatic rings. The van der Waals surface area contributed by atoms with Crippen molar-refractivity contribution in [2.75, 3.05) is 6.61 Å². The minimum Gasteiger partial charge on any atom is -0.478 e. The number of aromatic carboxylic acids is 1. The summed E-state index contributed by atoms with van der Waals surface area (Å²) in [5, 5.41) is 8.52. The predicted molar refractivity (Wildman–Crippen MR) is 74.9 cm³/mol. The number of ether oxygens (including phenoxy) is 1. The maximum absolute atomic E-state index is 10.4. The number of carbonyl (C=O) groups excluding carboxylic acids is 1. The molecule has 1 N–H and O–H groups in total. The molecule has 0 aromatic heterocycles. The molecule has 0 fully saturated rings. The zero-order valence-electron chi connectivity index (χ0n) is 11.0. The van der Waals surface area contributed by atoms with E-state index >= 15 is 0 Å². The number of carbonyl (C=O) groups is 2. The van der Waals surface area contributed by atoms with Crippen LogP contribution in [0.4, 0.5) is 0 Å². The summed E-state index contributed by atoms with van der Waals surface area (Å²) >= 11 is 0. The third kappa shape index (κ3) is 7.54. The predicted octanol–water partition coefficient (Wildman–Crippen LogP) is 3.15. The molecule has 1 rings (SSSR count). The van der Waals surface area contributed by atoms with E-state index in [1.807, 2.05) is 6.92 Å². The Hall–Kier alpha value is -2.36. The third-order valence-electron chi connectivity index (χ3n) is 2.01. The van der Waals surface area contributed by atoms with Crippen LogP contribution in [0, 0.1) is 0 Å². The molecule has 0 aliphatic rings. The first-order valence-electron chi connectivity index (χ1n) is 5.80. The average molecular weight is 262 g/mol. The van der Waals surface area contributed by atoms with E-state index in [1.165, 1.54) is 0 Å². The molecular formula is C15H18O4. The lowest BCUT2D eigenvalue weighted by atomic mass is 10.1. The van der Waals surface area contributed by atoms with Crippen LogP contribution in [0.5, 0.6) is 0 Å². The number of hydrogen-bond acceptors (Lipinski definition) is 3. The van der Waals surface area contributed by atoms with E-state index in [4.69, 9.17) is 5.11 Å². The topological polar surface area (TPSA) is 63.6 Å². The molecule has 102 valence electrons. The van der Waals surface area contributed by atoms with E-state index in [0.29, 0.717) is 12.2 Å². The Morgan fingerprint density at radius 2 is 1.84 bits per heavy atom. The van der Waals surface area contributed by atoms with E-state index in [9.17, 15) is 9.59 Å². The Labute approximate surface area is 113 Å². The number of esters is 1. The van der Waals surface area contributed by atoms with Crippen molar-refractivity contribution in [3.8, 4) is 0 Å². The summed E-state index contributed by atoms with van der Waals surface area (Å²) in [4.78, 5) is 20.6. The first kappa shape index (κ1) is 16.6. The van der Waals surface area contributed by atoms with Gasteiger partial charge in [0.05, 0.1) is 12.2 Å². The second-order valence-corrected chi connectivity index (χ2v) is 3.50. The van der Waals surface area contributed by atoms with Gasteiger partial charge in [-0.2, -0.15) is 0 Å². The summed E-state index contributed by atoms with van der Waals surface area (Å²) < 4.78 is 4.58. The lowest BCUT2D eigenvalue weighted by Gasteiger charge is -1.94. The van der Waals surface area contributed by atoms with Crippen LogP contribution in [0.2, 0.25) is 0 Å². The summed E-state index contributed by atoms with van der Waals surface area (Å²) in [6.07, 6.45) is 3.70. The van der Waals surface area contributed by atoms with Crippen molar-refractivity contribution in [2.45, 2.75) is 13.3 Å².